The minimum absolute atomic E-state index is 0.136. The van der Waals surface area contributed by atoms with Crippen LogP contribution >= 0.6 is 0 Å². The summed E-state index contributed by atoms with van der Waals surface area (Å²) in [7, 11) is 0. The standard InChI is InChI=1S/C13H19NO4/c1-5-7(2)10(13(16)17)14-12(15)11-8(3)6-9(4)18-11/h6-7,10H,5H2,1-4H3,(H,14,15)(H,16,17). The van der Waals surface area contributed by atoms with Gasteiger partial charge in [0.15, 0.2) is 5.76 Å². The van der Waals surface area contributed by atoms with Crippen molar-refractivity contribution in [2.75, 3.05) is 0 Å². The van der Waals surface area contributed by atoms with Gasteiger partial charge in [-0.2, -0.15) is 0 Å². The van der Waals surface area contributed by atoms with Crippen LogP contribution in [-0.4, -0.2) is 23.0 Å². The van der Waals surface area contributed by atoms with Crippen molar-refractivity contribution in [2.45, 2.75) is 40.2 Å². The van der Waals surface area contributed by atoms with Crippen LogP contribution < -0.4 is 5.32 Å². The van der Waals surface area contributed by atoms with E-state index in [4.69, 9.17) is 9.52 Å². The molecule has 0 spiro atoms. The minimum Gasteiger partial charge on any atom is -0.480 e. The maximum Gasteiger partial charge on any atom is 0.326 e. The highest BCUT2D eigenvalue weighted by molar-refractivity contribution is 5.95. The first-order chi connectivity index (χ1) is 8.36. The first-order valence-electron chi connectivity index (χ1n) is 5.97. The molecule has 100 valence electrons. The molecule has 2 atom stereocenters. The summed E-state index contributed by atoms with van der Waals surface area (Å²) in [5.74, 6) is -0.829. The Morgan fingerprint density at radius 2 is 2.06 bits per heavy atom. The third-order valence-electron chi connectivity index (χ3n) is 3.01. The van der Waals surface area contributed by atoms with E-state index in [2.05, 4.69) is 5.32 Å². The van der Waals surface area contributed by atoms with E-state index in [1.165, 1.54) is 0 Å². The number of aryl methyl sites for hydroxylation is 2. The van der Waals surface area contributed by atoms with Gasteiger partial charge in [0, 0.05) is 5.56 Å². The Labute approximate surface area is 106 Å². The summed E-state index contributed by atoms with van der Waals surface area (Å²) in [6.45, 7) is 7.17. The van der Waals surface area contributed by atoms with E-state index in [1.54, 1.807) is 26.8 Å². The lowest BCUT2D eigenvalue weighted by Gasteiger charge is -2.19. The second kappa shape index (κ2) is 5.71. The molecule has 0 bridgehead atoms. The Morgan fingerprint density at radius 1 is 1.44 bits per heavy atom. The Kier molecular flexibility index (Phi) is 4.53. The summed E-state index contributed by atoms with van der Waals surface area (Å²) in [5.41, 5.74) is 0.707. The van der Waals surface area contributed by atoms with Gasteiger partial charge in [-0.05, 0) is 25.8 Å². The topological polar surface area (TPSA) is 79.5 Å². The van der Waals surface area contributed by atoms with E-state index in [1.807, 2.05) is 6.92 Å². The second-order valence-electron chi connectivity index (χ2n) is 4.54. The van der Waals surface area contributed by atoms with Crippen molar-refractivity contribution in [3.05, 3.63) is 23.2 Å². The highest BCUT2D eigenvalue weighted by Gasteiger charge is 2.27. The molecular formula is C13H19NO4. The number of aliphatic carboxylic acids is 1. The van der Waals surface area contributed by atoms with Gasteiger partial charge in [0.05, 0.1) is 0 Å². The largest absolute Gasteiger partial charge is 0.480 e. The van der Waals surface area contributed by atoms with Crippen LogP contribution in [0.5, 0.6) is 0 Å². The summed E-state index contributed by atoms with van der Waals surface area (Å²) in [5, 5.41) is 11.6. The maximum atomic E-state index is 11.9. The molecule has 0 aromatic carbocycles. The first kappa shape index (κ1) is 14.3. The predicted molar refractivity (Wildman–Crippen MR) is 66.5 cm³/mol. The lowest BCUT2D eigenvalue weighted by atomic mass is 9.99. The number of rotatable bonds is 5. The average Bonchev–Trinajstić information content (AvgIpc) is 2.63. The molecule has 0 saturated carbocycles. The SMILES string of the molecule is CCC(C)C(NC(=O)c1oc(C)cc1C)C(=O)O. The highest BCUT2D eigenvalue weighted by Crippen LogP contribution is 2.15. The van der Waals surface area contributed by atoms with Crippen LogP contribution in [0.25, 0.3) is 0 Å². The number of nitrogens with one attached hydrogen (secondary N) is 1. The molecule has 1 aromatic rings. The van der Waals surface area contributed by atoms with E-state index in [0.29, 0.717) is 17.7 Å². The number of amides is 1. The molecule has 0 aliphatic heterocycles. The van der Waals surface area contributed by atoms with Crippen molar-refractivity contribution < 1.29 is 19.1 Å². The van der Waals surface area contributed by atoms with Crippen LogP contribution in [-0.2, 0) is 4.79 Å². The number of carbonyl (C=O) groups is 2. The van der Waals surface area contributed by atoms with Crippen molar-refractivity contribution >= 4 is 11.9 Å². The molecule has 1 heterocycles. The van der Waals surface area contributed by atoms with Crippen LogP contribution in [0.15, 0.2) is 10.5 Å². The Morgan fingerprint density at radius 3 is 2.44 bits per heavy atom. The smallest absolute Gasteiger partial charge is 0.326 e. The zero-order valence-electron chi connectivity index (χ0n) is 11.1. The van der Waals surface area contributed by atoms with Gasteiger partial charge in [0.1, 0.15) is 11.8 Å². The predicted octanol–water partition coefficient (Wildman–Crippen LogP) is 2.13. The molecule has 0 fully saturated rings. The number of furan rings is 1. The maximum absolute atomic E-state index is 11.9. The summed E-state index contributed by atoms with van der Waals surface area (Å²) < 4.78 is 5.27. The molecule has 18 heavy (non-hydrogen) atoms. The molecule has 1 rings (SSSR count). The number of hydrogen-bond donors (Lipinski definition) is 2. The number of hydrogen-bond acceptors (Lipinski definition) is 3. The first-order valence-corrected chi connectivity index (χ1v) is 5.97. The monoisotopic (exact) mass is 253 g/mol. The van der Waals surface area contributed by atoms with Crippen molar-refractivity contribution in [3.63, 3.8) is 0 Å². The summed E-state index contributed by atoms with van der Waals surface area (Å²) >= 11 is 0. The van der Waals surface area contributed by atoms with Crippen LogP contribution in [0.3, 0.4) is 0 Å². The van der Waals surface area contributed by atoms with E-state index < -0.39 is 17.9 Å². The van der Waals surface area contributed by atoms with Gasteiger partial charge in [-0.15, -0.1) is 0 Å². The molecule has 1 amide bonds. The van der Waals surface area contributed by atoms with Crippen molar-refractivity contribution in [2.24, 2.45) is 5.92 Å². The molecule has 5 heteroatoms. The Hall–Kier alpha value is -1.78. The van der Waals surface area contributed by atoms with E-state index >= 15 is 0 Å². The van der Waals surface area contributed by atoms with E-state index in [9.17, 15) is 9.59 Å². The normalized spacial score (nSPS) is 14.0. The van der Waals surface area contributed by atoms with Crippen molar-refractivity contribution in [1.82, 2.24) is 5.32 Å². The van der Waals surface area contributed by atoms with Crippen LogP contribution in [0.2, 0.25) is 0 Å². The van der Waals surface area contributed by atoms with Crippen molar-refractivity contribution in [3.8, 4) is 0 Å². The van der Waals surface area contributed by atoms with E-state index in [-0.39, 0.29) is 11.7 Å². The summed E-state index contributed by atoms with van der Waals surface area (Å²) in [6.07, 6.45) is 0.674. The molecule has 1 aromatic heterocycles. The van der Waals surface area contributed by atoms with E-state index in [0.717, 1.165) is 0 Å². The molecule has 0 radical (unpaired) electrons. The molecule has 0 aliphatic carbocycles. The third kappa shape index (κ3) is 3.12. The molecule has 5 nitrogen and oxygen atoms in total. The van der Waals surface area contributed by atoms with Gasteiger partial charge in [-0.3, -0.25) is 4.79 Å². The fourth-order valence-electron chi connectivity index (χ4n) is 1.76. The third-order valence-corrected chi connectivity index (χ3v) is 3.01. The summed E-state index contributed by atoms with van der Waals surface area (Å²) in [4.78, 5) is 23.1. The van der Waals surface area contributed by atoms with Gasteiger partial charge < -0.3 is 14.8 Å². The molecule has 0 saturated heterocycles. The van der Waals surface area contributed by atoms with Gasteiger partial charge in [0.25, 0.3) is 5.91 Å². The minimum atomic E-state index is -1.03. The Balaban J connectivity index is 2.85. The second-order valence-corrected chi connectivity index (χ2v) is 4.54. The molecule has 0 aliphatic rings. The average molecular weight is 253 g/mol. The van der Waals surface area contributed by atoms with Gasteiger partial charge in [-0.25, -0.2) is 4.79 Å². The lowest BCUT2D eigenvalue weighted by Crippen LogP contribution is -2.45. The number of carboxylic acids is 1. The van der Waals surface area contributed by atoms with Crippen LogP contribution in [0.4, 0.5) is 0 Å². The van der Waals surface area contributed by atoms with Gasteiger partial charge >= 0.3 is 5.97 Å². The molecule has 2 N–H and O–H groups in total. The lowest BCUT2D eigenvalue weighted by molar-refractivity contribution is -0.140. The molecule has 2 unspecified atom stereocenters. The van der Waals surface area contributed by atoms with Gasteiger partial charge in [0.2, 0.25) is 0 Å². The summed E-state index contributed by atoms with van der Waals surface area (Å²) in [6, 6.07) is 0.848. The number of carboxylic acid groups (broad SMARTS) is 1. The van der Waals surface area contributed by atoms with Crippen molar-refractivity contribution in [1.29, 1.82) is 0 Å². The quantitative estimate of drug-likeness (QED) is 0.842. The highest BCUT2D eigenvalue weighted by atomic mass is 16.4. The van der Waals surface area contributed by atoms with Gasteiger partial charge in [-0.1, -0.05) is 20.3 Å². The zero-order valence-corrected chi connectivity index (χ0v) is 11.1. The van der Waals surface area contributed by atoms with Crippen LogP contribution in [0.1, 0.15) is 42.1 Å². The fourth-order valence-corrected chi connectivity index (χ4v) is 1.76. The zero-order chi connectivity index (χ0) is 13.9. The molecular weight excluding hydrogens is 234 g/mol. The fraction of sp³-hybridized carbons (Fsp3) is 0.538. The Bertz CT molecular complexity index is 450. The van der Waals surface area contributed by atoms with Crippen LogP contribution in [0, 0.1) is 19.8 Å². The number of carbonyl (C=O) groups excluding carboxylic acids is 1.